The number of ether oxygens (including phenoxy) is 2. The van der Waals surface area contributed by atoms with Crippen LogP contribution in [0.5, 0.6) is 0 Å². The van der Waals surface area contributed by atoms with Crippen molar-refractivity contribution >= 4 is 11.1 Å². The van der Waals surface area contributed by atoms with Crippen LogP contribution in [-0.2, 0) is 9.47 Å². The molecule has 1 saturated heterocycles. The third kappa shape index (κ3) is 0.722. The molecule has 1 aromatic carbocycles. The monoisotopic (exact) mass is 198 g/mol. The maximum Gasteiger partial charge on any atom is 0.261 e. The van der Waals surface area contributed by atoms with Gasteiger partial charge in [0.25, 0.3) is 5.79 Å². The molecule has 2 heteroatoms. The molecule has 74 valence electrons. The van der Waals surface area contributed by atoms with Crippen LogP contribution in [0.2, 0.25) is 0 Å². The van der Waals surface area contributed by atoms with Gasteiger partial charge in [0, 0.05) is 11.1 Å². The second-order valence-corrected chi connectivity index (χ2v) is 4.07. The van der Waals surface area contributed by atoms with Crippen molar-refractivity contribution in [3.05, 3.63) is 47.0 Å². The third-order valence-electron chi connectivity index (χ3n) is 3.42. The van der Waals surface area contributed by atoms with Gasteiger partial charge in [0.2, 0.25) is 0 Å². The van der Waals surface area contributed by atoms with Crippen LogP contribution in [0.25, 0.3) is 11.1 Å². The quantitative estimate of drug-likeness (QED) is 0.609. The molecule has 1 aromatic rings. The molecular weight excluding hydrogens is 188 g/mol. The summed E-state index contributed by atoms with van der Waals surface area (Å²) < 4.78 is 11.5. The first-order valence-corrected chi connectivity index (χ1v) is 5.24. The minimum absolute atomic E-state index is 0.552. The molecule has 3 aliphatic rings. The molecule has 1 fully saturated rings. The highest BCUT2D eigenvalue weighted by atomic mass is 16.7. The fraction of sp³-hybridized carbons (Fsp3) is 0.231. The average molecular weight is 198 g/mol. The van der Waals surface area contributed by atoms with E-state index in [2.05, 4.69) is 24.3 Å². The van der Waals surface area contributed by atoms with E-state index < -0.39 is 5.79 Å². The van der Waals surface area contributed by atoms with E-state index in [9.17, 15) is 0 Å². The molecule has 0 saturated carbocycles. The molecule has 1 atom stereocenters. The summed E-state index contributed by atoms with van der Waals surface area (Å²) in [5.74, 6) is -0.552. The van der Waals surface area contributed by atoms with Crippen LogP contribution in [0.4, 0.5) is 0 Å². The van der Waals surface area contributed by atoms with Gasteiger partial charge in [0.15, 0.2) is 0 Å². The van der Waals surface area contributed by atoms with E-state index in [1.165, 1.54) is 21.6 Å². The number of fused-ring (bicyclic) bond motifs is 1. The van der Waals surface area contributed by atoms with Gasteiger partial charge in [-0.15, -0.1) is 0 Å². The van der Waals surface area contributed by atoms with Crippen molar-refractivity contribution in [3.8, 4) is 0 Å². The lowest BCUT2D eigenvalue weighted by Gasteiger charge is -2.22. The topological polar surface area (TPSA) is 18.5 Å². The van der Waals surface area contributed by atoms with Crippen LogP contribution >= 0.6 is 0 Å². The Labute approximate surface area is 87.1 Å². The van der Waals surface area contributed by atoms with E-state index in [0.29, 0.717) is 0 Å². The maximum atomic E-state index is 5.81. The lowest BCUT2D eigenvalue weighted by atomic mass is 10.0. The van der Waals surface area contributed by atoms with E-state index >= 15 is 0 Å². The SMILES string of the molecule is C1=CC2=c3ccccc3=C3CCOC23O1. The van der Waals surface area contributed by atoms with Gasteiger partial charge in [-0.2, -0.15) is 0 Å². The number of hydrogen-bond donors (Lipinski definition) is 0. The lowest BCUT2D eigenvalue weighted by molar-refractivity contribution is -0.0883. The van der Waals surface area contributed by atoms with Crippen molar-refractivity contribution in [2.24, 2.45) is 0 Å². The minimum Gasteiger partial charge on any atom is -0.461 e. The Morgan fingerprint density at radius 2 is 2.00 bits per heavy atom. The first-order chi connectivity index (χ1) is 7.42. The summed E-state index contributed by atoms with van der Waals surface area (Å²) in [5, 5.41) is 2.57. The van der Waals surface area contributed by atoms with Crippen molar-refractivity contribution < 1.29 is 9.47 Å². The van der Waals surface area contributed by atoms with Gasteiger partial charge in [-0.05, 0) is 22.9 Å². The zero-order chi connectivity index (χ0) is 9.88. The molecule has 0 aromatic heterocycles. The van der Waals surface area contributed by atoms with Gasteiger partial charge in [-0.25, -0.2) is 0 Å². The summed E-state index contributed by atoms with van der Waals surface area (Å²) in [6.45, 7) is 0.759. The van der Waals surface area contributed by atoms with Gasteiger partial charge in [0.05, 0.1) is 12.9 Å². The molecule has 1 spiro atoms. The third-order valence-corrected chi connectivity index (χ3v) is 3.42. The van der Waals surface area contributed by atoms with Gasteiger partial charge >= 0.3 is 0 Å². The van der Waals surface area contributed by atoms with Crippen molar-refractivity contribution in [1.82, 2.24) is 0 Å². The summed E-state index contributed by atoms with van der Waals surface area (Å²) in [4.78, 5) is 0. The second-order valence-electron chi connectivity index (χ2n) is 4.07. The van der Waals surface area contributed by atoms with Crippen LogP contribution in [0.3, 0.4) is 0 Å². The highest BCUT2D eigenvalue weighted by Gasteiger charge is 2.50. The van der Waals surface area contributed by atoms with Crippen molar-refractivity contribution in [1.29, 1.82) is 0 Å². The summed E-state index contributed by atoms with van der Waals surface area (Å²) in [6, 6.07) is 8.43. The number of rotatable bonds is 0. The highest BCUT2D eigenvalue weighted by Crippen LogP contribution is 2.45. The smallest absolute Gasteiger partial charge is 0.261 e. The summed E-state index contributed by atoms with van der Waals surface area (Å²) in [6.07, 6.45) is 4.75. The molecule has 2 heterocycles. The Balaban J connectivity index is 2.25. The van der Waals surface area contributed by atoms with E-state index in [1.807, 2.05) is 6.08 Å². The molecule has 15 heavy (non-hydrogen) atoms. The molecule has 1 aliphatic carbocycles. The molecule has 0 amide bonds. The fourth-order valence-corrected chi connectivity index (χ4v) is 2.83. The normalized spacial score (nSPS) is 30.1. The van der Waals surface area contributed by atoms with Gasteiger partial charge in [-0.3, -0.25) is 0 Å². The molecule has 2 aliphatic heterocycles. The summed E-state index contributed by atoms with van der Waals surface area (Å²) in [7, 11) is 0. The molecule has 0 bridgehead atoms. The van der Waals surface area contributed by atoms with Gasteiger partial charge in [-0.1, -0.05) is 24.3 Å². The molecule has 1 unspecified atom stereocenters. The molecule has 2 nitrogen and oxygen atoms in total. The van der Waals surface area contributed by atoms with E-state index in [1.54, 1.807) is 6.26 Å². The predicted octanol–water partition coefficient (Wildman–Crippen LogP) is 0.662. The Bertz CT molecular complexity index is 597. The largest absolute Gasteiger partial charge is 0.461 e. The molecule has 4 rings (SSSR count). The van der Waals surface area contributed by atoms with Gasteiger partial charge in [0.1, 0.15) is 0 Å². The first kappa shape index (κ1) is 7.71. The van der Waals surface area contributed by atoms with Crippen molar-refractivity contribution in [2.75, 3.05) is 6.61 Å². The standard InChI is InChI=1S/C13H10O2/c1-2-4-10-9(3-1)11-5-7-14-13(11)12(10)6-8-15-13/h1-5,7H,6,8H2. The Kier molecular flexibility index (Phi) is 1.20. The summed E-state index contributed by atoms with van der Waals surface area (Å²) in [5.41, 5.74) is 2.46. The maximum absolute atomic E-state index is 5.81. The highest BCUT2D eigenvalue weighted by molar-refractivity contribution is 5.84. The van der Waals surface area contributed by atoms with E-state index in [0.717, 1.165) is 13.0 Å². The fourth-order valence-electron chi connectivity index (χ4n) is 2.83. The predicted molar refractivity (Wildman–Crippen MR) is 56.0 cm³/mol. The zero-order valence-electron chi connectivity index (χ0n) is 8.19. The Morgan fingerprint density at radius 3 is 2.93 bits per heavy atom. The Hall–Kier alpha value is -1.54. The second kappa shape index (κ2) is 2.34. The molecule has 0 radical (unpaired) electrons. The Morgan fingerprint density at radius 1 is 1.13 bits per heavy atom. The zero-order valence-corrected chi connectivity index (χ0v) is 8.19. The van der Waals surface area contributed by atoms with Crippen LogP contribution in [0, 0.1) is 0 Å². The summed E-state index contributed by atoms with van der Waals surface area (Å²) >= 11 is 0. The number of benzene rings is 1. The minimum atomic E-state index is -0.552. The van der Waals surface area contributed by atoms with Crippen molar-refractivity contribution in [3.63, 3.8) is 0 Å². The first-order valence-electron chi connectivity index (χ1n) is 5.24. The van der Waals surface area contributed by atoms with E-state index in [-0.39, 0.29) is 0 Å². The lowest BCUT2D eigenvalue weighted by Crippen LogP contribution is -2.28. The van der Waals surface area contributed by atoms with Crippen LogP contribution in [0.1, 0.15) is 6.42 Å². The average Bonchev–Trinajstić information content (AvgIpc) is 2.89. The molecule has 0 N–H and O–H groups in total. The van der Waals surface area contributed by atoms with Crippen LogP contribution in [0.15, 0.2) is 36.6 Å². The van der Waals surface area contributed by atoms with E-state index in [4.69, 9.17) is 9.47 Å². The van der Waals surface area contributed by atoms with Gasteiger partial charge < -0.3 is 9.47 Å². The van der Waals surface area contributed by atoms with Crippen LogP contribution < -0.4 is 10.4 Å². The number of hydrogen-bond acceptors (Lipinski definition) is 2. The van der Waals surface area contributed by atoms with Crippen LogP contribution in [-0.4, -0.2) is 12.4 Å². The molecular formula is C13H10O2. The van der Waals surface area contributed by atoms with Crippen molar-refractivity contribution in [2.45, 2.75) is 12.2 Å².